The van der Waals surface area contributed by atoms with Crippen LogP contribution in [-0.2, 0) is 9.47 Å². The van der Waals surface area contributed by atoms with Gasteiger partial charge in [-0.2, -0.15) is 0 Å². The van der Waals surface area contributed by atoms with Crippen molar-refractivity contribution in [1.82, 2.24) is 10.2 Å². The van der Waals surface area contributed by atoms with E-state index in [1.54, 1.807) is 0 Å². The van der Waals surface area contributed by atoms with E-state index in [9.17, 15) is 0 Å². The summed E-state index contributed by atoms with van der Waals surface area (Å²) >= 11 is 0. The first kappa shape index (κ1) is 14.3. The lowest BCUT2D eigenvalue weighted by Gasteiger charge is -2.38. The number of rotatable bonds is 6. The largest absolute Gasteiger partial charge is 0.377 e. The number of nitrogens with one attached hydrogen (secondary N) is 1. The minimum Gasteiger partial charge on any atom is -0.377 e. The maximum Gasteiger partial charge on any atom is 0.0700 e. The second-order valence-corrected chi connectivity index (χ2v) is 5.54. The molecule has 0 spiro atoms. The summed E-state index contributed by atoms with van der Waals surface area (Å²) in [6.07, 6.45) is 4.46. The van der Waals surface area contributed by atoms with E-state index in [1.165, 1.54) is 19.3 Å². The topological polar surface area (TPSA) is 33.7 Å². The van der Waals surface area contributed by atoms with Gasteiger partial charge in [-0.1, -0.05) is 6.92 Å². The molecule has 0 aliphatic carbocycles. The Balaban J connectivity index is 1.61. The summed E-state index contributed by atoms with van der Waals surface area (Å²) < 4.78 is 11.3. The first-order chi connectivity index (χ1) is 8.79. The van der Waals surface area contributed by atoms with Gasteiger partial charge in [0.25, 0.3) is 0 Å². The van der Waals surface area contributed by atoms with Gasteiger partial charge < -0.3 is 14.8 Å². The zero-order valence-electron chi connectivity index (χ0n) is 11.9. The van der Waals surface area contributed by atoms with E-state index >= 15 is 0 Å². The summed E-state index contributed by atoms with van der Waals surface area (Å²) in [4.78, 5) is 2.57. The van der Waals surface area contributed by atoms with Crippen LogP contribution in [0.3, 0.4) is 0 Å². The quantitative estimate of drug-likeness (QED) is 0.725. The van der Waals surface area contributed by atoms with Crippen LogP contribution in [0.15, 0.2) is 0 Å². The Hall–Kier alpha value is -0.160. The molecule has 4 heteroatoms. The van der Waals surface area contributed by atoms with Gasteiger partial charge in [0.1, 0.15) is 0 Å². The van der Waals surface area contributed by atoms with E-state index < -0.39 is 0 Å². The van der Waals surface area contributed by atoms with Gasteiger partial charge in [0.2, 0.25) is 0 Å². The van der Waals surface area contributed by atoms with Gasteiger partial charge in [-0.05, 0) is 26.2 Å². The molecule has 18 heavy (non-hydrogen) atoms. The zero-order chi connectivity index (χ0) is 12.8. The van der Waals surface area contributed by atoms with E-state index in [0.29, 0.717) is 18.2 Å². The molecule has 0 aromatic heterocycles. The maximum atomic E-state index is 5.72. The van der Waals surface area contributed by atoms with E-state index in [-0.39, 0.29) is 0 Å². The fraction of sp³-hybridized carbons (Fsp3) is 1.00. The molecule has 0 bridgehead atoms. The molecule has 0 saturated carbocycles. The minimum absolute atomic E-state index is 0.381. The van der Waals surface area contributed by atoms with Crippen molar-refractivity contribution in [2.24, 2.45) is 0 Å². The van der Waals surface area contributed by atoms with Crippen molar-refractivity contribution in [3.63, 3.8) is 0 Å². The van der Waals surface area contributed by atoms with E-state index in [4.69, 9.17) is 9.47 Å². The van der Waals surface area contributed by atoms with Gasteiger partial charge >= 0.3 is 0 Å². The van der Waals surface area contributed by atoms with Gasteiger partial charge in [-0.25, -0.2) is 0 Å². The van der Waals surface area contributed by atoms with Gasteiger partial charge in [-0.15, -0.1) is 0 Å². The highest BCUT2D eigenvalue weighted by atomic mass is 16.5. The van der Waals surface area contributed by atoms with Crippen molar-refractivity contribution in [2.45, 2.75) is 51.4 Å². The average molecular weight is 256 g/mol. The second-order valence-electron chi connectivity index (χ2n) is 5.54. The first-order valence-corrected chi connectivity index (χ1v) is 7.47. The lowest BCUT2D eigenvalue weighted by molar-refractivity contribution is -0.0552. The lowest BCUT2D eigenvalue weighted by Crippen LogP contribution is -2.50. The molecule has 0 radical (unpaired) electrons. The smallest absolute Gasteiger partial charge is 0.0700 e. The van der Waals surface area contributed by atoms with Crippen molar-refractivity contribution in [3.8, 4) is 0 Å². The fourth-order valence-electron chi connectivity index (χ4n) is 2.85. The van der Waals surface area contributed by atoms with Crippen LogP contribution in [0.25, 0.3) is 0 Å². The highest BCUT2D eigenvalue weighted by molar-refractivity contribution is 4.78. The Bertz CT molecular complexity index is 232. The third-order valence-corrected chi connectivity index (χ3v) is 4.02. The van der Waals surface area contributed by atoms with Gasteiger partial charge in [-0.3, -0.25) is 4.90 Å². The highest BCUT2D eigenvalue weighted by Crippen LogP contribution is 2.14. The van der Waals surface area contributed by atoms with Crippen LogP contribution in [-0.4, -0.2) is 62.5 Å². The zero-order valence-corrected chi connectivity index (χ0v) is 11.9. The van der Waals surface area contributed by atoms with E-state index in [2.05, 4.69) is 24.1 Å². The molecule has 2 saturated heterocycles. The third-order valence-electron chi connectivity index (χ3n) is 4.02. The van der Waals surface area contributed by atoms with Gasteiger partial charge in [0.05, 0.1) is 18.8 Å². The molecule has 2 aliphatic heterocycles. The number of hydrogen-bond acceptors (Lipinski definition) is 4. The van der Waals surface area contributed by atoms with Crippen LogP contribution in [0.4, 0.5) is 0 Å². The molecule has 0 aromatic rings. The van der Waals surface area contributed by atoms with Crippen molar-refractivity contribution in [1.29, 1.82) is 0 Å². The number of nitrogens with zero attached hydrogens (tertiary/aromatic N) is 1. The van der Waals surface area contributed by atoms with E-state index in [1.807, 2.05) is 0 Å². The Labute approximate surface area is 111 Å². The molecule has 4 nitrogen and oxygen atoms in total. The number of morpholine rings is 1. The van der Waals surface area contributed by atoms with Crippen LogP contribution in [0.2, 0.25) is 0 Å². The van der Waals surface area contributed by atoms with Crippen molar-refractivity contribution < 1.29 is 9.47 Å². The molecule has 0 amide bonds. The summed E-state index contributed by atoms with van der Waals surface area (Å²) in [6.45, 7) is 10.5. The van der Waals surface area contributed by atoms with Crippen LogP contribution in [0.1, 0.15) is 33.1 Å². The van der Waals surface area contributed by atoms with Crippen LogP contribution >= 0.6 is 0 Å². The Kier molecular flexibility index (Phi) is 5.89. The summed E-state index contributed by atoms with van der Waals surface area (Å²) in [5.41, 5.74) is 0. The summed E-state index contributed by atoms with van der Waals surface area (Å²) in [5.74, 6) is 0. The summed E-state index contributed by atoms with van der Waals surface area (Å²) in [6, 6.07) is 0.603. The normalized spacial score (nSPS) is 34.0. The number of hydrogen-bond donors (Lipinski definition) is 1. The SMILES string of the molecule is CCC1COC(C)CN1CCNCC1CCCO1. The average Bonchev–Trinajstić information content (AvgIpc) is 2.88. The molecular weight excluding hydrogens is 228 g/mol. The predicted octanol–water partition coefficient (Wildman–Crippen LogP) is 1.25. The van der Waals surface area contributed by atoms with Crippen molar-refractivity contribution in [3.05, 3.63) is 0 Å². The molecule has 0 aromatic carbocycles. The Morgan fingerprint density at radius 2 is 2.22 bits per heavy atom. The van der Waals surface area contributed by atoms with Crippen molar-refractivity contribution in [2.75, 3.05) is 39.4 Å². The molecule has 2 fully saturated rings. The third kappa shape index (κ3) is 4.19. The predicted molar refractivity (Wildman–Crippen MR) is 72.9 cm³/mol. The Morgan fingerprint density at radius 3 is 2.94 bits per heavy atom. The van der Waals surface area contributed by atoms with Crippen LogP contribution in [0.5, 0.6) is 0 Å². The molecule has 3 unspecified atom stereocenters. The summed E-state index contributed by atoms with van der Waals surface area (Å²) in [5, 5.41) is 3.53. The lowest BCUT2D eigenvalue weighted by atomic mass is 10.1. The molecule has 2 heterocycles. The molecule has 3 atom stereocenters. The first-order valence-electron chi connectivity index (χ1n) is 7.47. The highest BCUT2D eigenvalue weighted by Gasteiger charge is 2.24. The molecule has 106 valence electrons. The maximum absolute atomic E-state index is 5.72. The Morgan fingerprint density at radius 1 is 1.33 bits per heavy atom. The molecule has 2 aliphatic rings. The molecule has 2 rings (SSSR count). The minimum atomic E-state index is 0.381. The van der Waals surface area contributed by atoms with E-state index in [0.717, 1.165) is 39.4 Å². The fourth-order valence-corrected chi connectivity index (χ4v) is 2.85. The monoisotopic (exact) mass is 256 g/mol. The standard InChI is InChI=1S/C14H28N2O2/c1-3-13-11-18-12(2)10-16(13)7-6-15-9-14-5-4-8-17-14/h12-15H,3-11H2,1-2H3. The molecule has 1 N–H and O–H groups in total. The van der Waals surface area contributed by atoms with Crippen LogP contribution in [0, 0.1) is 0 Å². The molecular formula is C14H28N2O2. The summed E-state index contributed by atoms with van der Waals surface area (Å²) in [7, 11) is 0. The number of ether oxygens (including phenoxy) is 2. The second kappa shape index (κ2) is 7.43. The van der Waals surface area contributed by atoms with Crippen LogP contribution < -0.4 is 5.32 Å². The van der Waals surface area contributed by atoms with Gasteiger partial charge in [0, 0.05) is 38.8 Å². The van der Waals surface area contributed by atoms with Crippen molar-refractivity contribution >= 4 is 0 Å². The van der Waals surface area contributed by atoms with Gasteiger partial charge in [0.15, 0.2) is 0 Å².